The van der Waals surface area contributed by atoms with Gasteiger partial charge in [0.1, 0.15) is 13.2 Å². The summed E-state index contributed by atoms with van der Waals surface area (Å²) in [5.74, 6) is -2.26. The van der Waals surface area contributed by atoms with Crippen LogP contribution in [-0.2, 0) is 47.6 Å². The molecule has 0 saturated carbocycles. The largest absolute Gasteiger partial charge is 0.463 e. The third-order valence-electron chi connectivity index (χ3n) is 11.9. The van der Waals surface area contributed by atoms with E-state index in [0.717, 1.165) is 90.6 Å². The topological polar surface area (TPSA) is 154 Å². The molecule has 0 amide bonds. The smallest absolute Gasteiger partial charge is 0.352 e. The maximum Gasteiger partial charge on any atom is 0.352 e. The number of nitrogens with one attached hydrogen (secondary N) is 2. The summed E-state index contributed by atoms with van der Waals surface area (Å²) in [5.41, 5.74) is 0. The van der Waals surface area contributed by atoms with Crippen molar-refractivity contribution in [3.63, 3.8) is 0 Å². The van der Waals surface area contributed by atoms with E-state index in [1.807, 2.05) is 12.2 Å². The highest BCUT2D eigenvalue weighted by molar-refractivity contribution is 7.80. The lowest BCUT2D eigenvalue weighted by Crippen LogP contribution is -2.50. The number of unbranched alkanes of at least 4 members (excludes halogenated alkanes) is 14. The van der Waals surface area contributed by atoms with Crippen LogP contribution in [0.2, 0.25) is 0 Å². The Balaban J connectivity index is 1.97. The van der Waals surface area contributed by atoms with E-state index in [-0.39, 0.29) is 61.6 Å². The Morgan fingerprint density at radius 1 is 0.485 bits per heavy atom. The van der Waals surface area contributed by atoms with E-state index in [9.17, 15) is 19.2 Å². The average Bonchev–Trinajstić information content (AvgIpc) is 4.06. The van der Waals surface area contributed by atoms with E-state index < -0.39 is 24.1 Å². The van der Waals surface area contributed by atoms with Crippen molar-refractivity contribution >= 4 is 58.7 Å². The first-order valence-corrected chi connectivity index (χ1v) is 27.3. The Labute approximate surface area is 421 Å². The Morgan fingerprint density at radius 3 is 1.28 bits per heavy atom. The Morgan fingerprint density at radius 2 is 0.882 bits per heavy atom. The second kappa shape index (κ2) is 42.5. The van der Waals surface area contributed by atoms with Crippen molar-refractivity contribution < 1.29 is 47.6 Å². The van der Waals surface area contributed by atoms with Gasteiger partial charge in [-0.15, -0.1) is 0 Å². The van der Waals surface area contributed by atoms with Crippen LogP contribution in [-0.4, -0.2) is 135 Å². The molecule has 0 spiro atoms. The lowest BCUT2D eigenvalue weighted by atomic mass is 10.1. The molecule has 0 bridgehead atoms. The number of hydrogen-bond acceptors (Lipinski definition) is 14. The molecule has 390 valence electrons. The van der Waals surface area contributed by atoms with Gasteiger partial charge in [0.15, 0.2) is 0 Å². The zero-order chi connectivity index (χ0) is 49.1. The fraction of sp³-hybridized carbons (Fsp3) is 0.808. The Hall–Kier alpha value is -3.34. The summed E-state index contributed by atoms with van der Waals surface area (Å²) < 4.78 is 34.0. The summed E-state index contributed by atoms with van der Waals surface area (Å²) in [6.07, 6.45) is 28.5. The van der Waals surface area contributed by atoms with Crippen molar-refractivity contribution in [2.45, 2.75) is 193 Å². The molecule has 0 radical (unpaired) electrons. The summed E-state index contributed by atoms with van der Waals surface area (Å²) in [5, 5.41) is 6.00. The van der Waals surface area contributed by atoms with Crippen LogP contribution in [0.5, 0.6) is 0 Å². The summed E-state index contributed by atoms with van der Waals surface area (Å²) in [4.78, 5) is 57.1. The first-order valence-electron chi connectivity index (χ1n) is 26.5. The minimum Gasteiger partial charge on any atom is -0.463 e. The Kier molecular flexibility index (Phi) is 38.0. The number of carbonyl (C=O) groups is 4. The first kappa shape index (κ1) is 60.8. The highest BCUT2D eigenvalue weighted by atomic mass is 32.1. The predicted molar refractivity (Wildman–Crippen MR) is 277 cm³/mol. The number of hydrogen-bond donors (Lipinski definition) is 2. The van der Waals surface area contributed by atoms with Crippen LogP contribution in [0.25, 0.3) is 0 Å². The molecule has 2 N–H and O–H groups in total. The SMILES string of the molecule is CCCCCC/C=C\COC(=O)CCCCCOC(=O)C(OC(=S)NCCCCN1CCCC1)C(OC(=S)NCCCCN1CCCC1)C(=O)OCCCCCC(=O)OC/C=C\CCCCCC. The number of ether oxygens (including phenoxy) is 6. The van der Waals surface area contributed by atoms with Gasteiger partial charge in [-0.05, 0) is 179 Å². The Bertz CT molecular complexity index is 1320. The van der Waals surface area contributed by atoms with E-state index in [0.29, 0.717) is 51.6 Å². The molecule has 16 heteroatoms. The number of rotatable bonds is 41. The molecule has 14 nitrogen and oxygen atoms in total. The quantitative estimate of drug-likeness (QED) is 0.0196. The van der Waals surface area contributed by atoms with Gasteiger partial charge in [-0.2, -0.15) is 0 Å². The van der Waals surface area contributed by atoms with Gasteiger partial charge < -0.3 is 48.9 Å². The summed E-state index contributed by atoms with van der Waals surface area (Å²) >= 11 is 11.1. The van der Waals surface area contributed by atoms with Crippen molar-refractivity contribution in [2.75, 3.05) is 78.8 Å². The molecule has 2 heterocycles. The fourth-order valence-electron chi connectivity index (χ4n) is 7.88. The third-order valence-corrected chi connectivity index (χ3v) is 12.4. The van der Waals surface area contributed by atoms with Crippen molar-refractivity contribution in [3.05, 3.63) is 24.3 Å². The lowest BCUT2D eigenvalue weighted by molar-refractivity contribution is -0.171. The van der Waals surface area contributed by atoms with Gasteiger partial charge in [-0.3, -0.25) is 9.59 Å². The molecule has 2 saturated heterocycles. The van der Waals surface area contributed by atoms with Gasteiger partial charge in [0.25, 0.3) is 10.3 Å². The minimum absolute atomic E-state index is 0.0183. The molecule has 2 rings (SSSR count). The number of nitrogens with zero attached hydrogens (tertiary/aromatic N) is 2. The average molecular weight is 995 g/mol. The maximum atomic E-state index is 13.9. The van der Waals surface area contributed by atoms with Gasteiger partial charge in [-0.25, -0.2) is 9.59 Å². The van der Waals surface area contributed by atoms with Gasteiger partial charge in [-0.1, -0.05) is 76.7 Å². The molecule has 0 aliphatic carbocycles. The van der Waals surface area contributed by atoms with E-state index >= 15 is 0 Å². The molecule has 68 heavy (non-hydrogen) atoms. The van der Waals surface area contributed by atoms with Crippen LogP contribution in [0.3, 0.4) is 0 Å². The van der Waals surface area contributed by atoms with E-state index in [4.69, 9.17) is 52.9 Å². The minimum atomic E-state index is -1.63. The zero-order valence-corrected chi connectivity index (χ0v) is 43.8. The van der Waals surface area contributed by atoms with Gasteiger partial charge in [0.2, 0.25) is 12.2 Å². The van der Waals surface area contributed by atoms with Crippen LogP contribution in [0, 0.1) is 0 Å². The monoisotopic (exact) mass is 995 g/mol. The van der Waals surface area contributed by atoms with E-state index in [1.165, 1.54) is 64.2 Å². The second-order valence-electron chi connectivity index (χ2n) is 18.0. The molecule has 2 atom stereocenters. The highest BCUT2D eigenvalue weighted by Crippen LogP contribution is 2.15. The summed E-state index contributed by atoms with van der Waals surface area (Å²) in [7, 11) is 0. The number of allylic oxidation sites excluding steroid dienone is 2. The van der Waals surface area contributed by atoms with E-state index in [2.05, 4.69) is 46.4 Å². The molecule has 0 aromatic rings. The molecule has 2 unspecified atom stereocenters. The normalized spacial score (nSPS) is 15.0. The van der Waals surface area contributed by atoms with Crippen LogP contribution in [0.4, 0.5) is 0 Å². The van der Waals surface area contributed by atoms with Gasteiger partial charge in [0, 0.05) is 25.9 Å². The molecular weight excluding hydrogens is 905 g/mol. The number of esters is 4. The van der Waals surface area contributed by atoms with Crippen LogP contribution < -0.4 is 10.6 Å². The molecular formula is C52H90N4O10S2. The molecule has 2 aliphatic rings. The van der Waals surface area contributed by atoms with Crippen LogP contribution in [0.15, 0.2) is 24.3 Å². The van der Waals surface area contributed by atoms with Crippen molar-refractivity contribution in [3.8, 4) is 0 Å². The number of carbonyl (C=O) groups excluding carboxylic acids is 4. The standard InChI is InChI=1S/C52H90N4O10S2/c1-3-5-7-9-11-13-27-41-61-45(57)31-17-15-29-43-63-49(59)47(65-51(67)53-33-19-21-35-55-37-23-24-38-55)48(66-52(68)54-34-20-22-36-56-39-25-26-40-56)50(60)64-44-30-16-18-32-46(58)62-42-28-14-12-10-8-6-4-2/h13-14,27-28,47-48H,3-12,15-26,29-44H2,1-2H3,(H,53,67)(H,54,68)/b27-13-,28-14-. The lowest BCUT2D eigenvalue weighted by Gasteiger charge is -2.26. The molecule has 0 aromatic carbocycles. The second-order valence-corrected chi connectivity index (χ2v) is 18.7. The van der Waals surface area contributed by atoms with Gasteiger partial charge >= 0.3 is 23.9 Å². The number of likely N-dealkylation sites (tertiary alicyclic amines) is 2. The van der Waals surface area contributed by atoms with Crippen molar-refractivity contribution in [2.24, 2.45) is 0 Å². The first-order chi connectivity index (χ1) is 33.2. The van der Waals surface area contributed by atoms with Crippen LogP contribution >= 0.6 is 24.4 Å². The molecule has 2 aliphatic heterocycles. The fourth-order valence-corrected chi connectivity index (χ4v) is 8.29. The zero-order valence-electron chi connectivity index (χ0n) is 42.1. The highest BCUT2D eigenvalue weighted by Gasteiger charge is 2.42. The molecule has 2 fully saturated rings. The maximum absolute atomic E-state index is 13.9. The number of thiocarbonyl (C=S) groups is 2. The third kappa shape index (κ3) is 33.2. The predicted octanol–water partition coefficient (Wildman–Crippen LogP) is 9.60. The van der Waals surface area contributed by atoms with Crippen molar-refractivity contribution in [1.29, 1.82) is 0 Å². The van der Waals surface area contributed by atoms with Crippen LogP contribution in [0.1, 0.15) is 181 Å². The molecule has 0 aromatic heterocycles. The van der Waals surface area contributed by atoms with E-state index in [1.54, 1.807) is 0 Å². The van der Waals surface area contributed by atoms with Gasteiger partial charge in [0.05, 0.1) is 13.2 Å². The summed E-state index contributed by atoms with van der Waals surface area (Å²) in [6.45, 7) is 12.5. The van der Waals surface area contributed by atoms with Crippen molar-refractivity contribution in [1.82, 2.24) is 20.4 Å². The summed E-state index contributed by atoms with van der Waals surface area (Å²) in [6, 6.07) is 0.